The van der Waals surface area contributed by atoms with Gasteiger partial charge in [-0.1, -0.05) is 42.5 Å². The minimum atomic E-state index is -0.569. The first-order valence-corrected chi connectivity index (χ1v) is 7.14. The zero-order valence-electron chi connectivity index (χ0n) is 13.2. The molecule has 0 spiro atoms. The van der Waals surface area contributed by atoms with Crippen molar-refractivity contribution in [2.24, 2.45) is 0 Å². The highest BCUT2D eigenvalue weighted by atomic mass is 35.5. The van der Waals surface area contributed by atoms with Gasteiger partial charge in [-0.15, -0.1) is 12.4 Å². The quantitative estimate of drug-likeness (QED) is 0.881. The van der Waals surface area contributed by atoms with Gasteiger partial charge >= 0.3 is 0 Å². The molecular weight excluding hydrogens is 296 g/mol. The van der Waals surface area contributed by atoms with Crippen molar-refractivity contribution in [2.75, 3.05) is 12.4 Å². The van der Waals surface area contributed by atoms with Gasteiger partial charge in [0.2, 0.25) is 5.91 Å². The third-order valence-electron chi connectivity index (χ3n) is 3.63. The molecule has 1 amide bonds. The van der Waals surface area contributed by atoms with E-state index in [4.69, 9.17) is 0 Å². The summed E-state index contributed by atoms with van der Waals surface area (Å²) >= 11 is 0. The van der Waals surface area contributed by atoms with E-state index < -0.39 is 5.41 Å². The zero-order valence-corrected chi connectivity index (χ0v) is 14.0. The summed E-state index contributed by atoms with van der Waals surface area (Å²) in [6, 6.07) is 17.7. The van der Waals surface area contributed by atoms with E-state index in [9.17, 15) is 4.79 Å². The molecule has 0 aliphatic rings. The van der Waals surface area contributed by atoms with E-state index >= 15 is 0 Å². The molecule has 22 heavy (non-hydrogen) atoms. The molecule has 0 aliphatic carbocycles. The molecule has 0 aliphatic heterocycles. The largest absolute Gasteiger partial charge is 0.325 e. The number of carbonyl (C=O) groups is 1. The van der Waals surface area contributed by atoms with Crippen LogP contribution in [-0.2, 0) is 16.8 Å². The lowest BCUT2D eigenvalue weighted by Gasteiger charge is -2.24. The van der Waals surface area contributed by atoms with E-state index in [0.717, 1.165) is 23.4 Å². The summed E-state index contributed by atoms with van der Waals surface area (Å²) in [7, 11) is 1.91. The predicted octanol–water partition coefficient (Wildman–Crippen LogP) is 3.74. The molecule has 2 N–H and O–H groups in total. The van der Waals surface area contributed by atoms with Gasteiger partial charge in [0.05, 0.1) is 5.41 Å². The molecule has 0 saturated heterocycles. The second-order valence-corrected chi connectivity index (χ2v) is 5.68. The lowest BCUT2D eigenvalue weighted by molar-refractivity contribution is -0.120. The summed E-state index contributed by atoms with van der Waals surface area (Å²) in [6.45, 7) is 4.66. The highest BCUT2D eigenvalue weighted by Crippen LogP contribution is 2.25. The average molecular weight is 319 g/mol. The Morgan fingerprint density at radius 2 is 1.73 bits per heavy atom. The first-order chi connectivity index (χ1) is 10.0. The Morgan fingerprint density at radius 3 is 2.36 bits per heavy atom. The number of nitrogens with one attached hydrogen (secondary N) is 2. The smallest absolute Gasteiger partial charge is 0.234 e. The lowest BCUT2D eigenvalue weighted by Crippen LogP contribution is -2.34. The van der Waals surface area contributed by atoms with Gasteiger partial charge in [-0.3, -0.25) is 4.79 Å². The van der Waals surface area contributed by atoms with Crippen LogP contribution in [-0.4, -0.2) is 13.0 Å². The van der Waals surface area contributed by atoms with Crippen LogP contribution in [0.5, 0.6) is 0 Å². The van der Waals surface area contributed by atoms with E-state index in [-0.39, 0.29) is 18.3 Å². The third-order valence-corrected chi connectivity index (χ3v) is 3.63. The second kappa shape index (κ2) is 7.97. The number of carbonyl (C=O) groups excluding carboxylic acids is 1. The Balaban J connectivity index is 0.00000242. The number of rotatable bonds is 5. The van der Waals surface area contributed by atoms with Gasteiger partial charge in [0.1, 0.15) is 0 Å². The van der Waals surface area contributed by atoms with Crippen LogP contribution in [0.25, 0.3) is 0 Å². The first kappa shape index (κ1) is 18.2. The number of amides is 1. The minimum absolute atomic E-state index is 0. The molecule has 0 unspecified atom stereocenters. The van der Waals surface area contributed by atoms with E-state index in [1.165, 1.54) is 0 Å². The predicted molar refractivity (Wildman–Crippen MR) is 94.6 cm³/mol. The molecule has 0 bridgehead atoms. The molecular formula is C18H23ClN2O. The van der Waals surface area contributed by atoms with E-state index in [2.05, 4.69) is 10.6 Å². The van der Waals surface area contributed by atoms with Gasteiger partial charge in [-0.05, 0) is 44.2 Å². The maximum atomic E-state index is 12.6. The van der Waals surface area contributed by atoms with Crippen molar-refractivity contribution in [3.05, 3.63) is 65.7 Å². The summed E-state index contributed by atoms with van der Waals surface area (Å²) in [5, 5.41) is 6.12. The van der Waals surface area contributed by atoms with Crippen LogP contribution in [0.2, 0.25) is 0 Å². The summed E-state index contributed by atoms with van der Waals surface area (Å²) < 4.78 is 0. The molecule has 2 aromatic rings. The first-order valence-electron chi connectivity index (χ1n) is 7.14. The molecule has 0 heterocycles. The Bertz CT molecular complexity index is 611. The third kappa shape index (κ3) is 4.33. The Morgan fingerprint density at radius 1 is 1.05 bits per heavy atom. The van der Waals surface area contributed by atoms with Crippen LogP contribution in [0, 0.1) is 0 Å². The molecule has 0 radical (unpaired) electrons. The highest BCUT2D eigenvalue weighted by molar-refractivity contribution is 5.98. The number of anilines is 1. The van der Waals surface area contributed by atoms with Gasteiger partial charge in [-0.25, -0.2) is 0 Å². The van der Waals surface area contributed by atoms with Crippen molar-refractivity contribution in [3.63, 3.8) is 0 Å². The normalized spacial score (nSPS) is 10.7. The maximum Gasteiger partial charge on any atom is 0.234 e. The van der Waals surface area contributed by atoms with Crippen molar-refractivity contribution in [1.82, 2.24) is 5.32 Å². The van der Waals surface area contributed by atoms with Crippen LogP contribution in [0.1, 0.15) is 25.0 Å². The highest BCUT2D eigenvalue weighted by Gasteiger charge is 2.29. The van der Waals surface area contributed by atoms with Gasteiger partial charge in [0, 0.05) is 12.2 Å². The maximum absolute atomic E-state index is 12.6. The van der Waals surface area contributed by atoms with Crippen LogP contribution < -0.4 is 10.6 Å². The summed E-state index contributed by atoms with van der Waals surface area (Å²) in [6.07, 6.45) is 0. The molecule has 2 rings (SSSR count). The second-order valence-electron chi connectivity index (χ2n) is 5.68. The SMILES string of the molecule is CNCc1cccc(NC(=O)C(C)(C)c2ccccc2)c1.Cl. The summed E-state index contributed by atoms with van der Waals surface area (Å²) in [4.78, 5) is 12.6. The summed E-state index contributed by atoms with van der Waals surface area (Å²) in [5.41, 5.74) is 2.42. The molecule has 3 nitrogen and oxygen atoms in total. The number of halogens is 1. The molecule has 0 atom stereocenters. The topological polar surface area (TPSA) is 41.1 Å². The molecule has 118 valence electrons. The number of benzene rings is 2. The molecule has 0 fully saturated rings. The van der Waals surface area contributed by atoms with Crippen molar-refractivity contribution >= 4 is 24.0 Å². The van der Waals surface area contributed by atoms with Crippen molar-refractivity contribution < 1.29 is 4.79 Å². The fourth-order valence-corrected chi connectivity index (χ4v) is 2.24. The molecule has 2 aromatic carbocycles. The minimum Gasteiger partial charge on any atom is -0.325 e. The van der Waals surface area contributed by atoms with Crippen LogP contribution in [0.3, 0.4) is 0 Å². The standard InChI is InChI=1S/C18H22N2O.ClH/c1-18(2,15-9-5-4-6-10-15)17(21)20-16-11-7-8-14(12-16)13-19-3;/h4-12,19H,13H2,1-3H3,(H,20,21);1H. The van der Waals surface area contributed by atoms with Crippen LogP contribution >= 0.6 is 12.4 Å². The van der Waals surface area contributed by atoms with Gasteiger partial charge < -0.3 is 10.6 Å². The Kier molecular flexibility index (Phi) is 6.60. The monoisotopic (exact) mass is 318 g/mol. The van der Waals surface area contributed by atoms with Crippen molar-refractivity contribution in [2.45, 2.75) is 25.8 Å². The Labute approximate surface area is 138 Å². The van der Waals surface area contributed by atoms with Crippen LogP contribution in [0.4, 0.5) is 5.69 Å². The van der Waals surface area contributed by atoms with Crippen molar-refractivity contribution in [3.8, 4) is 0 Å². The van der Waals surface area contributed by atoms with Crippen molar-refractivity contribution in [1.29, 1.82) is 0 Å². The number of hydrogen-bond donors (Lipinski definition) is 2. The fourth-order valence-electron chi connectivity index (χ4n) is 2.24. The Hall–Kier alpha value is -1.84. The summed E-state index contributed by atoms with van der Waals surface area (Å²) in [5.74, 6) is -0.00434. The molecule has 0 aromatic heterocycles. The fraction of sp³-hybridized carbons (Fsp3) is 0.278. The van der Waals surface area contributed by atoms with E-state index in [1.807, 2.05) is 75.5 Å². The van der Waals surface area contributed by atoms with Gasteiger partial charge in [-0.2, -0.15) is 0 Å². The molecule has 0 saturated carbocycles. The zero-order chi connectivity index (χ0) is 15.3. The average Bonchev–Trinajstić information content (AvgIpc) is 2.49. The van der Waals surface area contributed by atoms with Gasteiger partial charge in [0.25, 0.3) is 0 Å². The molecule has 4 heteroatoms. The van der Waals surface area contributed by atoms with Crippen LogP contribution in [0.15, 0.2) is 54.6 Å². The number of hydrogen-bond acceptors (Lipinski definition) is 2. The van der Waals surface area contributed by atoms with E-state index in [1.54, 1.807) is 0 Å². The van der Waals surface area contributed by atoms with E-state index in [0.29, 0.717) is 0 Å². The lowest BCUT2D eigenvalue weighted by atomic mass is 9.83. The van der Waals surface area contributed by atoms with Gasteiger partial charge in [0.15, 0.2) is 0 Å².